The molecule has 5 heteroatoms. The van der Waals surface area contributed by atoms with E-state index in [9.17, 15) is 9.59 Å². The highest BCUT2D eigenvalue weighted by Gasteiger charge is 2.58. The van der Waals surface area contributed by atoms with Crippen LogP contribution in [0.1, 0.15) is 121 Å². The van der Waals surface area contributed by atoms with E-state index in [1.165, 1.54) is 87.2 Å². The van der Waals surface area contributed by atoms with E-state index in [0.29, 0.717) is 28.4 Å². The van der Waals surface area contributed by atoms with Crippen molar-refractivity contribution in [2.45, 2.75) is 118 Å². The van der Waals surface area contributed by atoms with Crippen molar-refractivity contribution in [2.75, 3.05) is 0 Å². The summed E-state index contributed by atoms with van der Waals surface area (Å²) in [4.78, 5) is 32.5. The maximum atomic E-state index is 14.3. The predicted octanol–water partition coefficient (Wildman–Crippen LogP) is 10.3. The predicted molar refractivity (Wildman–Crippen MR) is 204 cm³/mol. The third-order valence-electron chi connectivity index (χ3n) is 14.1. The third-order valence-corrected chi connectivity index (χ3v) is 14.1. The van der Waals surface area contributed by atoms with Crippen molar-refractivity contribution < 1.29 is 0 Å². The minimum atomic E-state index is -0.541. The van der Waals surface area contributed by atoms with Gasteiger partial charge in [-0.05, 0) is 140 Å². The molecule has 0 spiro atoms. The number of unbranched alkanes of at least 4 members (excludes halogenated alkanes) is 5. The Balaban J connectivity index is 1.17. The summed E-state index contributed by atoms with van der Waals surface area (Å²) >= 11 is 0. The van der Waals surface area contributed by atoms with Crippen LogP contribution in [0, 0.1) is 41.4 Å². The van der Waals surface area contributed by atoms with Gasteiger partial charge in [0.05, 0.1) is 16.9 Å². The largest absolute Gasteiger partial charge is 0.357 e. The van der Waals surface area contributed by atoms with E-state index in [-0.39, 0.29) is 11.0 Å². The maximum Gasteiger partial charge on any atom is 0.357 e. The molecule has 0 bridgehead atoms. The van der Waals surface area contributed by atoms with Gasteiger partial charge in [-0.15, -0.1) is 0 Å². The summed E-state index contributed by atoms with van der Waals surface area (Å²) in [7, 11) is 0. The molecule has 0 unspecified atom stereocenters. The Morgan fingerprint density at radius 2 is 1.60 bits per heavy atom. The minimum Gasteiger partial charge on any atom is -0.294 e. The molecule has 50 heavy (non-hydrogen) atoms. The zero-order chi connectivity index (χ0) is 34.6. The van der Waals surface area contributed by atoms with E-state index in [2.05, 4.69) is 73.7 Å². The van der Waals surface area contributed by atoms with E-state index in [4.69, 9.17) is 0 Å². The Bertz CT molecular complexity index is 2000. The first kappa shape index (κ1) is 33.4. The van der Waals surface area contributed by atoms with Crippen LogP contribution in [-0.4, -0.2) is 14.1 Å². The highest BCUT2D eigenvalue weighted by Crippen LogP contribution is 2.67. The molecule has 3 saturated carbocycles. The summed E-state index contributed by atoms with van der Waals surface area (Å²) in [5.74, 6) is 3.60. The summed E-state index contributed by atoms with van der Waals surface area (Å²) in [5.41, 5.74) is 6.68. The van der Waals surface area contributed by atoms with Crippen molar-refractivity contribution in [1.82, 2.24) is 14.1 Å². The standard InChI is InChI=1S/C45H55N3O2/c1-5-6-7-8-9-11-16-32-21-23-38-36-22-20-33-28-40-31(29-45(33,4)39(36)24-25-44(32,38)3)27-37-41(47(40)35-19-14-15-30(2)26-35)46-43(50)48(42(37)49)34-17-12-10-13-18-34/h10,12-15,17-19,26-28,32,36,38-39H,5-9,11,16,20-25,29H2,1-4H3/t32-,36-,38-,39-,44+,45-/m0/s1. The fraction of sp³-hybridized carbons (Fsp3) is 0.533. The molecule has 3 fully saturated rings. The first-order chi connectivity index (χ1) is 24.2. The van der Waals surface area contributed by atoms with Crippen molar-refractivity contribution in [3.05, 3.63) is 104 Å². The molecule has 0 aromatic heterocycles. The summed E-state index contributed by atoms with van der Waals surface area (Å²) in [6, 6.07) is 19.7. The molecule has 262 valence electrons. The number of hydrogen-bond acceptors (Lipinski definition) is 3. The van der Waals surface area contributed by atoms with Crippen LogP contribution in [0.4, 0.5) is 0 Å². The van der Waals surface area contributed by atoms with E-state index in [0.717, 1.165) is 47.5 Å². The molecule has 0 N–H and O–H groups in total. The number of pyridine rings is 1. The lowest BCUT2D eigenvalue weighted by molar-refractivity contribution is -0.0478. The molecule has 0 amide bonds. The molecule has 4 aliphatic carbocycles. The quantitative estimate of drug-likeness (QED) is 0.167. The number of hydrogen-bond donors (Lipinski definition) is 0. The molecule has 5 nitrogen and oxygen atoms in total. The van der Waals surface area contributed by atoms with Crippen molar-refractivity contribution in [3.63, 3.8) is 0 Å². The summed E-state index contributed by atoms with van der Waals surface area (Å²) in [6.07, 6.45) is 21.0. The first-order valence-corrected chi connectivity index (χ1v) is 19.8. The lowest BCUT2D eigenvalue weighted by Gasteiger charge is -2.58. The molecule has 2 aromatic rings. The Kier molecular flexibility index (Phi) is 8.76. The maximum absolute atomic E-state index is 14.3. The molecule has 0 saturated heterocycles. The monoisotopic (exact) mass is 669 g/mol. The summed E-state index contributed by atoms with van der Waals surface area (Å²) in [6.45, 7) is 9.62. The van der Waals surface area contributed by atoms with Crippen molar-refractivity contribution >= 4 is 6.08 Å². The second-order valence-corrected chi connectivity index (χ2v) is 16.9. The number of para-hydroxylation sites is 1. The van der Waals surface area contributed by atoms with Crippen LogP contribution in [-0.2, 0) is 6.42 Å². The van der Waals surface area contributed by atoms with Gasteiger partial charge in [0.1, 0.15) is 0 Å². The average molecular weight is 670 g/mol. The Labute approximate surface area is 298 Å². The molecular weight excluding hydrogens is 615 g/mol. The highest BCUT2D eigenvalue weighted by molar-refractivity contribution is 5.71. The average Bonchev–Trinajstić information content (AvgIpc) is 3.44. The molecule has 8 rings (SSSR count). The lowest BCUT2D eigenvalue weighted by atomic mass is 9.46. The van der Waals surface area contributed by atoms with Gasteiger partial charge in [0.25, 0.3) is 5.56 Å². The second kappa shape index (κ2) is 13.1. The van der Waals surface area contributed by atoms with Crippen molar-refractivity contribution in [3.8, 4) is 22.8 Å². The van der Waals surface area contributed by atoms with Crippen LogP contribution in [0.15, 0.2) is 75.8 Å². The molecule has 6 aliphatic rings. The van der Waals surface area contributed by atoms with Crippen LogP contribution in [0.5, 0.6) is 0 Å². The lowest BCUT2D eigenvalue weighted by Crippen LogP contribution is -2.51. The number of nitrogens with zero attached hydrogens (tertiary/aromatic N) is 3. The van der Waals surface area contributed by atoms with Crippen molar-refractivity contribution in [2.24, 2.45) is 34.5 Å². The van der Waals surface area contributed by atoms with Gasteiger partial charge in [-0.1, -0.05) is 95.2 Å². The number of aryl methyl sites for hydroxylation is 1. The van der Waals surface area contributed by atoms with Gasteiger partial charge in [0, 0.05) is 5.69 Å². The zero-order valence-corrected chi connectivity index (χ0v) is 30.7. The Morgan fingerprint density at radius 3 is 2.40 bits per heavy atom. The number of allylic oxidation sites excluding steroid dienone is 1. The molecule has 6 atom stereocenters. The second-order valence-electron chi connectivity index (χ2n) is 16.9. The van der Waals surface area contributed by atoms with Crippen LogP contribution in [0.2, 0.25) is 0 Å². The minimum absolute atomic E-state index is 0.0665. The highest BCUT2D eigenvalue weighted by atomic mass is 16.2. The fourth-order valence-electron chi connectivity index (χ4n) is 11.6. The molecular formula is C45H55N3O2. The van der Waals surface area contributed by atoms with Crippen LogP contribution in [0.25, 0.3) is 28.8 Å². The van der Waals surface area contributed by atoms with Gasteiger partial charge < -0.3 is 0 Å². The van der Waals surface area contributed by atoms with E-state index in [1.807, 2.05) is 18.2 Å². The molecule has 2 heterocycles. The van der Waals surface area contributed by atoms with E-state index in [1.54, 1.807) is 17.7 Å². The summed E-state index contributed by atoms with van der Waals surface area (Å²) < 4.78 is 3.34. The number of rotatable bonds is 9. The zero-order valence-electron chi connectivity index (χ0n) is 30.7. The van der Waals surface area contributed by atoms with Gasteiger partial charge in [-0.25, -0.2) is 9.36 Å². The third kappa shape index (κ3) is 5.45. The van der Waals surface area contributed by atoms with Gasteiger partial charge in [-0.3, -0.25) is 9.36 Å². The van der Waals surface area contributed by atoms with Gasteiger partial charge in [-0.2, -0.15) is 4.98 Å². The van der Waals surface area contributed by atoms with Crippen LogP contribution >= 0.6 is 0 Å². The Hall–Kier alpha value is -3.73. The molecule has 0 radical (unpaired) electrons. The van der Waals surface area contributed by atoms with Crippen molar-refractivity contribution in [1.29, 1.82) is 0 Å². The molecule has 2 aromatic carbocycles. The van der Waals surface area contributed by atoms with Gasteiger partial charge >= 0.3 is 5.69 Å². The van der Waals surface area contributed by atoms with E-state index < -0.39 is 5.69 Å². The van der Waals surface area contributed by atoms with Gasteiger partial charge in [0.15, 0.2) is 5.82 Å². The Morgan fingerprint density at radius 1 is 0.820 bits per heavy atom. The van der Waals surface area contributed by atoms with Gasteiger partial charge in [0.2, 0.25) is 0 Å². The topological polar surface area (TPSA) is 56.9 Å². The SMILES string of the molecule is CCCCCCCC[C@H]1CC[C@H]2[C@@H]3CCC4=Cc5c(cc6c(=O)n(-c7ccccc7)c(=O)nc-6n5-c5cccc(C)c5)C[C@]4(C)[C@H]3CC[C@]12C. The fourth-order valence-corrected chi connectivity index (χ4v) is 11.6. The number of benzene rings is 2. The normalized spacial score (nSPS) is 28.4. The van der Waals surface area contributed by atoms with E-state index >= 15 is 0 Å². The van der Waals surface area contributed by atoms with Crippen LogP contribution < -0.4 is 11.2 Å². The van der Waals surface area contributed by atoms with Crippen LogP contribution in [0.3, 0.4) is 0 Å². The summed E-state index contributed by atoms with van der Waals surface area (Å²) in [5, 5.41) is 0. The number of aromatic nitrogens is 3. The first-order valence-electron chi connectivity index (χ1n) is 19.8. The smallest absolute Gasteiger partial charge is 0.294 e. The number of fused-ring (bicyclic) bond motifs is 7. The molecule has 2 aliphatic heterocycles.